The normalized spacial score (nSPS) is 20.6. The first kappa shape index (κ1) is 9.37. The summed E-state index contributed by atoms with van der Waals surface area (Å²) in [6.07, 6.45) is 0.906. The van der Waals surface area contributed by atoms with Gasteiger partial charge in [0.05, 0.1) is 6.61 Å². The molecule has 1 aliphatic rings. The largest absolute Gasteiger partial charge is 0.493 e. The van der Waals surface area contributed by atoms with Crippen LogP contribution in [0, 0.1) is 0 Å². The van der Waals surface area contributed by atoms with Gasteiger partial charge in [-0.2, -0.15) is 0 Å². The maximum absolute atomic E-state index is 5.97. The van der Waals surface area contributed by atoms with Crippen molar-refractivity contribution in [3.05, 3.63) is 23.8 Å². The molecule has 1 aromatic rings. The summed E-state index contributed by atoms with van der Waals surface area (Å²) in [6.45, 7) is 0.731. The molecule has 4 heteroatoms. The highest BCUT2D eigenvalue weighted by atomic mass is 79.9. The Morgan fingerprint density at radius 2 is 2.38 bits per heavy atom. The second kappa shape index (κ2) is 3.90. The molecule has 0 saturated heterocycles. The first-order chi connectivity index (χ1) is 6.31. The van der Waals surface area contributed by atoms with Crippen molar-refractivity contribution in [3.8, 4) is 5.75 Å². The monoisotopic (exact) mass is 259 g/mol. The lowest BCUT2D eigenvalue weighted by molar-refractivity contribution is 0.268. The van der Waals surface area contributed by atoms with Crippen LogP contribution >= 0.6 is 25.0 Å². The van der Waals surface area contributed by atoms with E-state index in [1.54, 1.807) is 10.2 Å². The van der Waals surface area contributed by atoms with Gasteiger partial charge in [0.25, 0.3) is 0 Å². The van der Waals surface area contributed by atoms with Gasteiger partial charge in [-0.25, -0.2) is 0 Å². The van der Waals surface area contributed by atoms with Gasteiger partial charge in [-0.3, -0.25) is 0 Å². The van der Waals surface area contributed by atoms with Crippen LogP contribution in [-0.4, -0.2) is 6.61 Å². The summed E-state index contributed by atoms with van der Waals surface area (Å²) in [7, 11) is 1.55. The molecule has 0 saturated carbocycles. The van der Waals surface area contributed by atoms with Gasteiger partial charge in [0, 0.05) is 22.9 Å². The average molecular weight is 260 g/mol. The van der Waals surface area contributed by atoms with Crippen molar-refractivity contribution >= 4 is 25.0 Å². The van der Waals surface area contributed by atoms with Gasteiger partial charge in [-0.05, 0) is 43.2 Å². The summed E-state index contributed by atoms with van der Waals surface area (Å²) in [5.74, 6) is 0.934. The molecule has 1 heterocycles. The summed E-state index contributed by atoms with van der Waals surface area (Å²) in [6, 6.07) is 6.22. The first-order valence-corrected chi connectivity index (χ1v) is 6.78. The molecule has 2 rings (SSSR count). The molecule has 70 valence electrons. The zero-order valence-electron chi connectivity index (χ0n) is 7.00. The molecule has 0 bridgehead atoms. The van der Waals surface area contributed by atoms with Crippen LogP contribution in [0.1, 0.15) is 18.0 Å². The molecule has 2 nitrogen and oxygen atoms in total. The summed E-state index contributed by atoms with van der Waals surface area (Å²) >= 11 is 3.34. The van der Waals surface area contributed by atoms with Gasteiger partial charge < -0.3 is 10.5 Å². The summed E-state index contributed by atoms with van der Waals surface area (Å²) in [4.78, 5) is 1.17. The Morgan fingerprint density at radius 1 is 1.54 bits per heavy atom. The van der Waals surface area contributed by atoms with E-state index in [-0.39, 0.29) is 6.04 Å². The highest BCUT2D eigenvalue weighted by Gasteiger charge is 2.17. The van der Waals surface area contributed by atoms with Gasteiger partial charge >= 0.3 is 0 Å². The predicted octanol–water partition coefficient (Wildman–Crippen LogP) is 2.87. The fraction of sp³-hybridized carbons (Fsp3) is 0.333. The van der Waals surface area contributed by atoms with Crippen molar-refractivity contribution in [2.24, 2.45) is 5.73 Å². The number of halogens is 1. The van der Waals surface area contributed by atoms with E-state index in [9.17, 15) is 0 Å². The van der Waals surface area contributed by atoms with Gasteiger partial charge in [0.2, 0.25) is 0 Å². The molecule has 1 unspecified atom stereocenters. The molecule has 0 fully saturated rings. The summed E-state index contributed by atoms with van der Waals surface area (Å²) < 4.78 is 5.49. The Kier molecular flexibility index (Phi) is 2.81. The Balaban J connectivity index is 2.41. The third kappa shape index (κ3) is 1.85. The van der Waals surface area contributed by atoms with Gasteiger partial charge in [-0.15, -0.1) is 0 Å². The molecule has 1 aromatic carbocycles. The zero-order chi connectivity index (χ0) is 9.26. The molecule has 2 N–H and O–H groups in total. The lowest BCUT2D eigenvalue weighted by Gasteiger charge is -2.23. The molecule has 0 amide bonds. The Morgan fingerprint density at radius 3 is 3.15 bits per heavy atom. The quantitative estimate of drug-likeness (QED) is 0.843. The van der Waals surface area contributed by atoms with Gasteiger partial charge in [0.15, 0.2) is 0 Å². The van der Waals surface area contributed by atoms with Crippen molar-refractivity contribution in [1.29, 1.82) is 0 Å². The molecule has 1 atom stereocenters. The van der Waals surface area contributed by atoms with Crippen molar-refractivity contribution in [2.45, 2.75) is 17.4 Å². The highest BCUT2D eigenvalue weighted by molar-refractivity contribution is 9.50. The first-order valence-electron chi connectivity index (χ1n) is 4.12. The van der Waals surface area contributed by atoms with E-state index in [0.717, 1.165) is 24.3 Å². The van der Waals surface area contributed by atoms with E-state index >= 15 is 0 Å². The summed E-state index contributed by atoms with van der Waals surface area (Å²) in [5.41, 5.74) is 7.09. The second-order valence-electron chi connectivity index (χ2n) is 3.02. The fourth-order valence-corrected chi connectivity index (χ4v) is 2.34. The number of hydrogen-bond acceptors (Lipinski definition) is 3. The Bertz CT molecular complexity index is 318. The van der Waals surface area contributed by atoms with Crippen LogP contribution in [0.25, 0.3) is 0 Å². The zero-order valence-corrected chi connectivity index (χ0v) is 9.40. The molecular weight excluding hydrogens is 250 g/mol. The lowest BCUT2D eigenvalue weighted by atomic mass is 10.0. The molecular formula is C9H10BrNOS. The molecule has 0 spiro atoms. The minimum Gasteiger partial charge on any atom is -0.493 e. The maximum Gasteiger partial charge on any atom is 0.124 e. The van der Waals surface area contributed by atoms with E-state index in [1.807, 2.05) is 12.1 Å². The number of ether oxygens (including phenoxy) is 1. The predicted molar refractivity (Wildman–Crippen MR) is 58.3 cm³/mol. The number of rotatable bonds is 1. The minimum absolute atomic E-state index is 0.128. The van der Waals surface area contributed by atoms with E-state index in [4.69, 9.17) is 10.5 Å². The minimum atomic E-state index is 0.128. The number of hydrogen-bond donors (Lipinski definition) is 1. The van der Waals surface area contributed by atoms with Crippen LogP contribution < -0.4 is 10.5 Å². The standard InChI is InChI=1S/C9H10BrNOS/c10-13-6-1-2-9-7(5-6)8(11)3-4-12-9/h1-2,5,8H,3-4,11H2. The molecule has 0 radical (unpaired) electrons. The average Bonchev–Trinajstić information content (AvgIpc) is 2.18. The number of benzene rings is 1. The van der Waals surface area contributed by atoms with Gasteiger partial charge in [-0.1, -0.05) is 0 Å². The number of nitrogens with two attached hydrogens (primary N) is 1. The Labute approximate surface area is 89.0 Å². The van der Waals surface area contributed by atoms with E-state index in [1.165, 1.54) is 4.90 Å². The Hall–Kier alpha value is -0.190. The highest BCUT2D eigenvalue weighted by Crippen LogP contribution is 2.35. The second-order valence-corrected chi connectivity index (χ2v) is 4.62. The van der Waals surface area contributed by atoms with Crippen molar-refractivity contribution in [1.82, 2.24) is 0 Å². The third-order valence-corrected chi connectivity index (χ3v) is 3.71. The van der Waals surface area contributed by atoms with Gasteiger partial charge in [0.1, 0.15) is 5.75 Å². The van der Waals surface area contributed by atoms with Crippen LogP contribution in [0.2, 0.25) is 0 Å². The van der Waals surface area contributed by atoms with Crippen LogP contribution in [0.15, 0.2) is 23.1 Å². The van der Waals surface area contributed by atoms with E-state index in [0.29, 0.717) is 0 Å². The van der Waals surface area contributed by atoms with Crippen LogP contribution in [-0.2, 0) is 0 Å². The van der Waals surface area contributed by atoms with Crippen LogP contribution in [0.3, 0.4) is 0 Å². The van der Waals surface area contributed by atoms with Crippen molar-refractivity contribution in [2.75, 3.05) is 6.61 Å². The molecule has 0 aliphatic carbocycles. The van der Waals surface area contributed by atoms with Crippen molar-refractivity contribution < 1.29 is 4.74 Å². The van der Waals surface area contributed by atoms with Crippen LogP contribution in [0.5, 0.6) is 5.75 Å². The van der Waals surface area contributed by atoms with E-state index in [2.05, 4.69) is 20.9 Å². The molecule has 1 aliphatic heterocycles. The lowest BCUT2D eigenvalue weighted by Crippen LogP contribution is -2.20. The summed E-state index contributed by atoms with van der Waals surface area (Å²) in [5, 5.41) is 0. The SMILES string of the molecule is NC1CCOc2ccc(SBr)cc21. The van der Waals surface area contributed by atoms with Crippen molar-refractivity contribution in [3.63, 3.8) is 0 Å². The van der Waals surface area contributed by atoms with E-state index < -0.39 is 0 Å². The molecule has 13 heavy (non-hydrogen) atoms. The molecule has 0 aromatic heterocycles. The van der Waals surface area contributed by atoms with Crippen LogP contribution in [0.4, 0.5) is 0 Å². The smallest absolute Gasteiger partial charge is 0.124 e. The third-order valence-electron chi connectivity index (χ3n) is 2.16. The maximum atomic E-state index is 5.97. The fourth-order valence-electron chi connectivity index (χ4n) is 1.45. The number of fused-ring (bicyclic) bond motifs is 1. The topological polar surface area (TPSA) is 35.2 Å².